The van der Waals surface area contributed by atoms with Crippen LogP contribution in [0.1, 0.15) is 11.1 Å². The van der Waals surface area contributed by atoms with E-state index in [9.17, 15) is 17.6 Å². The Labute approximate surface area is 147 Å². The average Bonchev–Trinajstić information content (AvgIpc) is 2.54. The SMILES string of the molecule is Cc1ccccc1N(CCNC(=O)Cc1ccc(F)cc1)S(C)(=O)=O. The molecule has 0 aliphatic rings. The summed E-state index contributed by atoms with van der Waals surface area (Å²) in [6.07, 6.45) is 1.25. The number of rotatable bonds is 7. The minimum Gasteiger partial charge on any atom is -0.354 e. The van der Waals surface area contributed by atoms with E-state index >= 15 is 0 Å². The van der Waals surface area contributed by atoms with Crippen molar-refractivity contribution in [2.24, 2.45) is 0 Å². The predicted octanol–water partition coefficient (Wildman–Crippen LogP) is 2.26. The van der Waals surface area contributed by atoms with Gasteiger partial charge in [0.05, 0.1) is 24.9 Å². The third-order valence-electron chi connectivity index (χ3n) is 3.70. The third-order valence-corrected chi connectivity index (χ3v) is 4.88. The van der Waals surface area contributed by atoms with Crippen LogP contribution in [0, 0.1) is 12.7 Å². The molecule has 0 aliphatic carbocycles. The zero-order chi connectivity index (χ0) is 18.4. The van der Waals surface area contributed by atoms with Gasteiger partial charge in [0.1, 0.15) is 5.82 Å². The Hall–Kier alpha value is -2.41. The lowest BCUT2D eigenvalue weighted by Gasteiger charge is -2.24. The first kappa shape index (κ1) is 18.9. The van der Waals surface area contributed by atoms with E-state index in [2.05, 4.69) is 5.32 Å². The Balaban J connectivity index is 1.96. The number of hydrogen-bond acceptors (Lipinski definition) is 3. The number of carbonyl (C=O) groups excluding carboxylic acids is 1. The number of sulfonamides is 1. The van der Waals surface area contributed by atoms with E-state index in [0.717, 1.165) is 11.8 Å². The summed E-state index contributed by atoms with van der Waals surface area (Å²) in [5.41, 5.74) is 2.13. The molecule has 0 spiro atoms. The van der Waals surface area contributed by atoms with Crippen LogP contribution >= 0.6 is 0 Å². The molecule has 0 saturated carbocycles. The van der Waals surface area contributed by atoms with Crippen molar-refractivity contribution in [2.45, 2.75) is 13.3 Å². The van der Waals surface area contributed by atoms with Gasteiger partial charge in [-0.25, -0.2) is 12.8 Å². The van der Waals surface area contributed by atoms with Gasteiger partial charge >= 0.3 is 0 Å². The van der Waals surface area contributed by atoms with Gasteiger partial charge in [-0.2, -0.15) is 0 Å². The van der Waals surface area contributed by atoms with E-state index in [0.29, 0.717) is 11.3 Å². The van der Waals surface area contributed by atoms with Gasteiger partial charge in [0.25, 0.3) is 0 Å². The standard InChI is InChI=1S/C18H21FN2O3S/c1-14-5-3-4-6-17(14)21(25(2,23)24)12-11-20-18(22)13-15-7-9-16(19)10-8-15/h3-10H,11-13H2,1-2H3,(H,20,22). The first-order valence-electron chi connectivity index (χ1n) is 7.82. The fourth-order valence-electron chi connectivity index (χ4n) is 2.46. The molecule has 0 unspecified atom stereocenters. The summed E-state index contributed by atoms with van der Waals surface area (Å²) < 4.78 is 38.3. The highest BCUT2D eigenvalue weighted by Gasteiger charge is 2.18. The van der Waals surface area contributed by atoms with Gasteiger partial charge in [0, 0.05) is 6.54 Å². The second kappa shape index (κ2) is 8.11. The molecule has 0 saturated heterocycles. The number of aryl methyl sites for hydroxylation is 1. The molecule has 2 rings (SSSR count). The van der Waals surface area contributed by atoms with E-state index in [-0.39, 0.29) is 31.2 Å². The first-order chi connectivity index (χ1) is 11.8. The number of nitrogens with zero attached hydrogens (tertiary/aromatic N) is 1. The maximum absolute atomic E-state index is 12.9. The molecule has 0 atom stereocenters. The zero-order valence-electron chi connectivity index (χ0n) is 14.2. The highest BCUT2D eigenvalue weighted by molar-refractivity contribution is 7.92. The van der Waals surface area contributed by atoms with E-state index < -0.39 is 10.0 Å². The summed E-state index contributed by atoms with van der Waals surface area (Å²) in [6.45, 7) is 2.15. The smallest absolute Gasteiger partial charge is 0.232 e. The molecule has 25 heavy (non-hydrogen) atoms. The fraction of sp³-hybridized carbons (Fsp3) is 0.278. The maximum atomic E-state index is 12.9. The van der Waals surface area contributed by atoms with E-state index in [4.69, 9.17) is 0 Å². The third kappa shape index (κ3) is 5.56. The van der Waals surface area contributed by atoms with Crippen LogP contribution in [0.25, 0.3) is 0 Å². The molecule has 0 radical (unpaired) electrons. The van der Waals surface area contributed by atoms with Gasteiger partial charge in [0.15, 0.2) is 0 Å². The molecule has 1 N–H and O–H groups in total. The Morgan fingerprint density at radius 2 is 1.76 bits per heavy atom. The van der Waals surface area contributed by atoms with Crippen molar-refractivity contribution in [1.29, 1.82) is 0 Å². The number of halogens is 1. The van der Waals surface area contributed by atoms with Crippen LogP contribution in [0.4, 0.5) is 10.1 Å². The van der Waals surface area contributed by atoms with Crippen molar-refractivity contribution in [2.75, 3.05) is 23.7 Å². The van der Waals surface area contributed by atoms with Crippen LogP contribution in [0.3, 0.4) is 0 Å². The minimum atomic E-state index is -3.46. The highest BCUT2D eigenvalue weighted by atomic mass is 32.2. The Bertz CT molecular complexity index is 836. The van der Waals surface area contributed by atoms with Crippen molar-refractivity contribution in [3.8, 4) is 0 Å². The van der Waals surface area contributed by atoms with Crippen molar-refractivity contribution in [1.82, 2.24) is 5.32 Å². The molecule has 5 nitrogen and oxygen atoms in total. The van der Waals surface area contributed by atoms with Crippen LogP contribution in [0.15, 0.2) is 48.5 Å². The summed E-state index contributed by atoms with van der Waals surface area (Å²) in [5.74, 6) is -0.601. The Morgan fingerprint density at radius 1 is 1.12 bits per heavy atom. The van der Waals surface area contributed by atoms with Gasteiger partial charge in [-0.1, -0.05) is 30.3 Å². The van der Waals surface area contributed by atoms with Crippen LogP contribution in [-0.2, 0) is 21.2 Å². The number of anilines is 1. The normalized spacial score (nSPS) is 11.2. The molecular weight excluding hydrogens is 343 g/mol. The number of benzene rings is 2. The molecule has 0 aliphatic heterocycles. The van der Waals surface area contributed by atoms with Gasteiger partial charge in [-0.3, -0.25) is 9.10 Å². The molecule has 7 heteroatoms. The maximum Gasteiger partial charge on any atom is 0.232 e. The van der Waals surface area contributed by atoms with E-state index in [1.54, 1.807) is 24.3 Å². The topological polar surface area (TPSA) is 66.5 Å². The largest absolute Gasteiger partial charge is 0.354 e. The molecule has 1 amide bonds. The summed E-state index contributed by atoms with van der Waals surface area (Å²) >= 11 is 0. The first-order valence-corrected chi connectivity index (χ1v) is 9.66. The van der Waals surface area contributed by atoms with Gasteiger partial charge in [-0.15, -0.1) is 0 Å². The fourth-order valence-corrected chi connectivity index (χ4v) is 3.44. The average molecular weight is 364 g/mol. The molecule has 134 valence electrons. The van der Waals surface area contributed by atoms with Crippen molar-refractivity contribution in [3.63, 3.8) is 0 Å². The van der Waals surface area contributed by atoms with Crippen LogP contribution < -0.4 is 9.62 Å². The highest BCUT2D eigenvalue weighted by Crippen LogP contribution is 2.21. The molecule has 0 bridgehead atoms. The van der Waals surface area contributed by atoms with Crippen LogP contribution in [0.2, 0.25) is 0 Å². The molecule has 0 aromatic heterocycles. The van der Waals surface area contributed by atoms with Gasteiger partial charge in [-0.05, 0) is 36.2 Å². The Kier molecular flexibility index (Phi) is 6.14. The van der Waals surface area contributed by atoms with Crippen LogP contribution in [0.5, 0.6) is 0 Å². The predicted molar refractivity (Wildman–Crippen MR) is 96.5 cm³/mol. The Morgan fingerprint density at radius 3 is 2.36 bits per heavy atom. The molecular formula is C18H21FN2O3S. The summed E-state index contributed by atoms with van der Waals surface area (Å²) in [6, 6.07) is 12.9. The van der Waals surface area contributed by atoms with Crippen molar-refractivity contribution >= 4 is 21.6 Å². The van der Waals surface area contributed by atoms with Crippen molar-refractivity contribution in [3.05, 3.63) is 65.5 Å². The minimum absolute atomic E-state index is 0.115. The van der Waals surface area contributed by atoms with E-state index in [1.165, 1.54) is 16.4 Å². The lowest BCUT2D eigenvalue weighted by Crippen LogP contribution is -2.38. The van der Waals surface area contributed by atoms with E-state index in [1.807, 2.05) is 19.1 Å². The number of hydrogen-bond donors (Lipinski definition) is 1. The summed E-state index contributed by atoms with van der Waals surface area (Å²) in [4.78, 5) is 12.0. The second-order valence-corrected chi connectivity index (χ2v) is 7.68. The lowest BCUT2D eigenvalue weighted by molar-refractivity contribution is -0.120. The van der Waals surface area contributed by atoms with Gasteiger partial charge < -0.3 is 5.32 Å². The second-order valence-electron chi connectivity index (χ2n) is 5.77. The van der Waals surface area contributed by atoms with Crippen molar-refractivity contribution < 1.29 is 17.6 Å². The number of nitrogens with one attached hydrogen (secondary N) is 1. The lowest BCUT2D eigenvalue weighted by atomic mass is 10.1. The number of para-hydroxylation sites is 1. The number of amides is 1. The number of carbonyl (C=O) groups is 1. The molecule has 2 aromatic rings. The molecule has 0 fully saturated rings. The summed E-state index contributed by atoms with van der Waals surface area (Å²) in [5, 5.41) is 2.70. The van der Waals surface area contributed by atoms with Gasteiger partial charge in [0.2, 0.25) is 15.9 Å². The molecule has 2 aromatic carbocycles. The quantitative estimate of drug-likeness (QED) is 0.819. The zero-order valence-corrected chi connectivity index (χ0v) is 15.0. The van der Waals surface area contributed by atoms with Crippen LogP contribution in [-0.4, -0.2) is 33.7 Å². The molecule has 0 heterocycles. The monoisotopic (exact) mass is 364 g/mol. The summed E-state index contributed by atoms with van der Waals surface area (Å²) in [7, 11) is -3.46.